The Kier molecular flexibility index (Phi) is 7.69. The van der Waals surface area contributed by atoms with Gasteiger partial charge in [0.1, 0.15) is 12.4 Å². The summed E-state index contributed by atoms with van der Waals surface area (Å²) in [4.78, 5) is 11.9. The van der Waals surface area contributed by atoms with E-state index < -0.39 is 0 Å². The van der Waals surface area contributed by atoms with Crippen LogP contribution >= 0.6 is 11.6 Å². The first-order chi connectivity index (χ1) is 14.7. The van der Waals surface area contributed by atoms with Gasteiger partial charge < -0.3 is 14.2 Å². The Hall–Kier alpha value is -3.51. The number of nitrogens with zero attached hydrogens (tertiary/aromatic N) is 1. The summed E-state index contributed by atoms with van der Waals surface area (Å²) in [5.41, 5.74) is 4.16. The fourth-order valence-electron chi connectivity index (χ4n) is 2.52. The number of nitrogens with one attached hydrogen (secondary N) is 1. The van der Waals surface area contributed by atoms with Crippen molar-refractivity contribution in [1.29, 1.82) is 0 Å². The molecule has 3 aromatic rings. The van der Waals surface area contributed by atoms with Crippen LogP contribution in [0.1, 0.15) is 11.1 Å². The molecule has 1 amide bonds. The van der Waals surface area contributed by atoms with Gasteiger partial charge in [-0.2, -0.15) is 5.10 Å². The van der Waals surface area contributed by atoms with Crippen molar-refractivity contribution in [3.63, 3.8) is 0 Å². The quantitative estimate of drug-likeness (QED) is 0.407. The van der Waals surface area contributed by atoms with Crippen molar-refractivity contribution >= 4 is 23.7 Å². The van der Waals surface area contributed by atoms with Crippen molar-refractivity contribution in [1.82, 2.24) is 5.43 Å². The number of hydrogen-bond donors (Lipinski definition) is 1. The molecule has 0 bridgehead atoms. The molecule has 0 unspecified atom stereocenters. The Bertz CT molecular complexity index is 1010. The van der Waals surface area contributed by atoms with Gasteiger partial charge in [-0.25, -0.2) is 5.43 Å². The number of benzene rings is 3. The number of carbonyl (C=O) groups is 1. The van der Waals surface area contributed by atoms with Crippen LogP contribution in [0.4, 0.5) is 0 Å². The van der Waals surface area contributed by atoms with E-state index in [1.165, 1.54) is 0 Å². The monoisotopic (exact) mass is 424 g/mol. The standard InChI is InChI=1S/C23H21ClN2O4/c1-28-21-8-4-5-9-22(21)30-16-23(27)26-25-14-17-10-12-19(13-11-17)29-15-18-6-2-3-7-20(18)24/h2-14H,15-16H2,1H3,(H,26,27)/b25-14+. The SMILES string of the molecule is COc1ccccc1OCC(=O)N/N=C/c1ccc(OCc2ccccc2Cl)cc1. The molecule has 0 aliphatic rings. The van der Waals surface area contributed by atoms with Gasteiger partial charge >= 0.3 is 0 Å². The molecule has 154 valence electrons. The molecule has 0 aliphatic heterocycles. The van der Waals surface area contributed by atoms with E-state index in [-0.39, 0.29) is 12.5 Å². The van der Waals surface area contributed by atoms with Gasteiger partial charge in [0, 0.05) is 10.6 Å². The van der Waals surface area contributed by atoms with E-state index >= 15 is 0 Å². The molecule has 0 saturated carbocycles. The molecule has 0 fully saturated rings. The van der Waals surface area contributed by atoms with E-state index in [9.17, 15) is 4.79 Å². The maximum atomic E-state index is 11.9. The summed E-state index contributed by atoms with van der Waals surface area (Å²) in [5.74, 6) is 1.38. The molecule has 6 nitrogen and oxygen atoms in total. The Labute approximate surface area is 180 Å². The van der Waals surface area contributed by atoms with Crippen LogP contribution in [0, 0.1) is 0 Å². The highest BCUT2D eigenvalue weighted by molar-refractivity contribution is 6.31. The van der Waals surface area contributed by atoms with Crippen molar-refractivity contribution in [3.05, 3.63) is 88.9 Å². The Morgan fingerprint density at radius 3 is 2.40 bits per heavy atom. The van der Waals surface area contributed by atoms with E-state index in [0.29, 0.717) is 28.9 Å². The molecule has 3 rings (SSSR count). The first-order valence-corrected chi connectivity index (χ1v) is 9.57. The molecular weight excluding hydrogens is 404 g/mol. The zero-order valence-corrected chi connectivity index (χ0v) is 17.1. The summed E-state index contributed by atoms with van der Waals surface area (Å²) in [6, 6.07) is 22.0. The van der Waals surface area contributed by atoms with Crippen LogP contribution in [0.15, 0.2) is 77.9 Å². The van der Waals surface area contributed by atoms with Gasteiger partial charge in [0.2, 0.25) is 0 Å². The molecule has 0 spiro atoms. The van der Waals surface area contributed by atoms with Crippen LogP contribution < -0.4 is 19.6 Å². The fraction of sp³-hybridized carbons (Fsp3) is 0.130. The van der Waals surface area contributed by atoms with Gasteiger partial charge in [-0.3, -0.25) is 4.79 Å². The topological polar surface area (TPSA) is 69.2 Å². The highest BCUT2D eigenvalue weighted by atomic mass is 35.5. The lowest BCUT2D eigenvalue weighted by Gasteiger charge is -2.09. The van der Waals surface area contributed by atoms with Crippen LogP contribution in [0.25, 0.3) is 0 Å². The minimum Gasteiger partial charge on any atom is -0.493 e. The summed E-state index contributed by atoms with van der Waals surface area (Å²) in [6.45, 7) is 0.210. The maximum Gasteiger partial charge on any atom is 0.277 e. The fourth-order valence-corrected chi connectivity index (χ4v) is 2.71. The van der Waals surface area contributed by atoms with Gasteiger partial charge in [0.05, 0.1) is 13.3 Å². The predicted octanol–water partition coefficient (Wildman–Crippen LogP) is 4.46. The molecule has 0 heterocycles. The van der Waals surface area contributed by atoms with E-state index in [1.54, 1.807) is 31.5 Å². The van der Waals surface area contributed by atoms with Crippen molar-refractivity contribution in [3.8, 4) is 17.2 Å². The number of ether oxygens (including phenoxy) is 3. The van der Waals surface area contributed by atoms with E-state index in [2.05, 4.69) is 10.5 Å². The van der Waals surface area contributed by atoms with Crippen LogP contribution in [0.5, 0.6) is 17.2 Å². The largest absolute Gasteiger partial charge is 0.493 e. The Morgan fingerprint density at radius 2 is 1.67 bits per heavy atom. The summed E-state index contributed by atoms with van der Waals surface area (Å²) < 4.78 is 16.4. The highest BCUT2D eigenvalue weighted by Gasteiger charge is 2.06. The lowest BCUT2D eigenvalue weighted by molar-refractivity contribution is -0.123. The third kappa shape index (κ3) is 6.25. The summed E-state index contributed by atoms with van der Waals surface area (Å²) in [6.07, 6.45) is 1.54. The molecule has 0 radical (unpaired) electrons. The number of amides is 1. The summed E-state index contributed by atoms with van der Waals surface area (Å²) >= 11 is 6.12. The van der Waals surface area contributed by atoms with Crippen LogP contribution in [0.2, 0.25) is 5.02 Å². The minimum atomic E-state index is -0.378. The molecule has 7 heteroatoms. The number of hydrogen-bond acceptors (Lipinski definition) is 5. The van der Waals surface area contributed by atoms with Gasteiger partial charge in [-0.15, -0.1) is 0 Å². The third-order valence-electron chi connectivity index (χ3n) is 4.06. The summed E-state index contributed by atoms with van der Waals surface area (Å²) in [7, 11) is 1.54. The van der Waals surface area contributed by atoms with Crippen LogP contribution in [0.3, 0.4) is 0 Å². The van der Waals surface area contributed by atoms with Crippen molar-refractivity contribution in [2.45, 2.75) is 6.61 Å². The lowest BCUT2D eigenvalue weighted by atomic mass is 10.2. The third-order valence-corrected chi connectivity index (χ3v) is 4.43. The minimum absolute atomic E-state index is 0.174. The van der Waals surface area contributed by atoms with Gasteiger partial charge in [-0.1, -0.05) is 41.9 Å². The normalized spacial score (nSPS) is 10.6. The Morgan fingerprint density at radius 1 is 0.967 bits per heavy atom. The second-order valence-corrected chi connectivity index (χ2v) is 6.59. The average molecular weight is 425 g/mol. The Balaban J connectivity index is 1.44. The molecule has 0 atom stereocenters. The zero-order valence-electron chi connectivity index (χ0n) is 16.4. The van der Waals surface area contributed by atoms with E-state index in [1.807, 2.05) is 54.6 Å². The van der Waals surface area contributed by atoms with Crippen LogP contribution in [-0.4, -0.2) is 25.8 Å². The predicted molar refractivity (Wildman–Crippen MR) is 116 cm³/mol. The van der Waals surface area contributed by atoms with E-state index in [4.69, 9.17) is 25.8 Å². The average Bonchev–Trinajstić information content (AvgIpc) is 2.78. The summed E-state index contributed by atoms with van der Waals surface area (Å²) in [5, 5.41) is 4.61. The first kappa shape index (κ1) is 21.2. The van der Waals surface area contributed by atoms with Crippen LogP contribution in [-0.2, 0) is 11.4 Å². The van der Waals surface area contributed by atoms with E-state index in [0.717, 1.165) is 11.1 Å². The zero-order chi connectivity index (χ0) is 21.2. The molecule has 1 N–H and O–H groups in total. The molecule has 3 aromatic carbocycles. The number of para-hydroxylation sites is 2. The maximum absolute atomic E-state index is 11.9. The number of methoxy groups -OCH3 is 1. The smallest absolute Gasteiger partial charge is 0.277 e. The number of rotatable bonds is 9. The number of halogens is 1. The molecule has 0 aliphatic carbocycles. The van der Waals surface area contributed by atoms with Crippen molar-refractivity contribution in [2.24, 2.45) is 5.10 Å². The molecule has 30 heavy (non-hydrogen) atoms. The van der Waals surface area contributed by atoms with Crippen molar-refractivity contribution < 1.29 is 19.0 Å². The first-order valence-electron chi connectivity index (χ1n) is 9.19. The number of hydrazone groups is 1. The molecule has 0 saturated heterocycles. The second kappa shape index (κ2) is 10.9. The molecular formula is C23H21ClN2O4. The van der Waals surface area contributed by atoms with Gasteiger partial charge in [-0.05, 0) is 48.0 Å². The highest BCUT2D eigenvalue weighted by Crippen LogP contribution is 2.25. The molecule has 0 aromatic heterocycles. The lowest BCUT2D eigenvalue weighted by Crippen LogP contribution is -2.24. The van der Waals surface area contributed by atoms with Gasteiger partial charge in [0.25, 0.3) is 5.91 Å². The van der Waals surface area contributed by atoms with Crippen molar-refractivity contribution in [2.75, 3.05) is 13.7 Å². The second-order valence-electron chi connectivity index (χ2n) is 6.18. The number of carbonyl (C=O) groups excluding carboxylic acids is 1. The van der Waals surface area contributed by atoms with Gasteiger partial charge in [0.15, 0.2) is 18.1 Å².